The molecule has 0 unspecified atom stereocenters. The lowest BCUT2D eigenvalue weighted by atomic mass is 9.99. The zero-order valence-corrected chi connectivity index (χ0v) is 16.9. The highest BCUT2D eigenvalue weighted by Gasteiger charge is 2.19. The molecule has 2 rings (SSSR count). The number of primary sulfonamides is 1. The van der Waals surface area contributed by atoms with E-state index in [0.29, 0.717) is 17.0 Å². The number of nitrogens with two attached hydrogens (primary N) is 1. The molecule has 0 fully saturated rings. The predicted molar refractivity (Wildman–Crippen MR) is 103 cm³/mol. The molecule has 0 spiro atoms. The summed E-state index contributed by atoms with van der Waals surface area (Å²) in [4.78, 5) is -0.0203. The van der Waals surface area contributed by atoms with E-state index < -0.39 is 20.0 Å². The van der Waals surface area contributed by atoms with Gasteiger partial charge in [-0.05, 0) is 67.1 Å². The van der Waals surface area contributed by atoms with Gasteiger partial charge in [-0.15, -0.1) is 0 Å². The summed E-state index contributed by atoms with van der Waals surface area (Å²) in [5, 5.41) is 5.17. The average Bonchev–Trinajstić information content (AvgIpc) is 2.57. The maximum absolute atomic E-state index is 12.7. The van der Waals surface area contributed by atoms with E-state index in [1.807, 2.05) is 0 Å². The molecule has 0 heterocycles. The van der Waals surface area contributed by atoms with E-state index in [1.54, 1.807) is 38.1 Å². The summed E-state index contributed by atoms with van der Waals surface area (Å²) in [5.41, 5.74) is 2.52. The molecular weight excluding hydrogens is 372 g/mol. The number of rotatable bonds is 6. The lowest BCUT2D eigenvalue weighted by Crippen LogP contribution is -2.17. The third kappa shape index (κ3) is 4.44. The Morgan fingerprint density at radius 3 is 2.08 bits per heavy atom. The van der Waals surface area contributed by atoms with Crippen molar-refractivity contribution in [2.24, 2.45) is 5.14 Å². The molecule has 3 N–H and O–H groups in total. The van der Waals surface area contributed by atoms with Crippen LogP contribution >= 0.6 is 0 Å². The van der Waals surface area contributed by atoms with Gasteiger partial charge in [0.05, 0.1) is 15.5 Å². The molecule has 26 heavy (non-hydrogen) atoms. The molecule has 0 aliphatic rings. The molecule has 6 nitrogen and oxygen atoms in total. The van der Waals surface area contributed by atoms with Crippen LogP contribution in [0.2, 0.25) is 0 Å². The van der Waals surface area contributed by atoms with Gasteiger partial charge < -0.3 is 0 Å². The third-order valence-electron chi connectivity index (χ3n) is 4.59. The lowest BCUT2D eigenvalue weighted by molar-refractivity contribution is 0.596. The van der Waals surface area contributed by atoms with Crippen molar-refractivity contribution in [2.75, 3.05) is 4.72 Å². The van der Waals surface area contributed by atoms with Gasteiger partial charge >= 0.3 is 0 Å². The van der Waals surface area contributed by atoms with Gasteiger partial charge in [0.2, 0.25) is 10.0 Å². The number of anilines is 1. The van der Waals surface area contributed by atoms with Gasteiger partial charge in [0.25, 0.3) is 10.0 Å². The largest absolute Gasteiger partial charge is 0.279 e. The van der Waals surface area contributed by atoms with Gasteiger partial charge in [-0.3, -0.25) is 4.72 Å². The summed E-state index contributed by atoms with van der Waals surface area (Å²) in [7, 11) is -7.79. The zero-order valence-electron chi connectivity index (χ0n) is 15.3. The fourth-order valence-corrected chi connectivity index (χ4v) is 4.25. The Kier molecular flexibility index (Phi) is 5.79. The Morgan fingerprint density at radius 2 is 1.58 bits per heavy atom. The van der Waals surface area contributed by atoms with Crippen LogP contribution in [0.25, 0.3) is 0 Å². The van der Waals surface area contributed by atoms with Crippen LogP contribution in [0.3, 0.4) is 0 Å². The summed E-state index contributed by atoms with van der Waals surface area (Å²) in [6.45, 7) is 7.56. The summed E-state index contributed by atoms with van der Waals surface area (Å²) >= 11 is 0. The Balaban J connectivity index is 2.42. The molecule has 142 valence electrons. The monoisotopic (exact) mass is 396 g/mol. The number of nitrogens with one attached hydrogen (secondary N) is 1. The third-order valence-corrected chi connectivity index (χ3v) is 6.86. The van der Waals surface area contributed by atoms with Crippen molar-refractivity contribution in [3.05, 3.63) is 53.1 Å². The summed E-state index contributed by atoms with van der Waals surface area (Å²) in [6.07, 6.45) is 0.961. The van der Waals surface area contributed by atoms with Gasteiger partial charge in [0.15, 0.2) is 0 Å². The van der Waals surface area contributed by atoms with Crippen LogP contribution in [0.15, 0.2) is 46.2 Å². The van der Waals surface area contributed by atoms with Crippen molar-refractivity contribution >= 4 is 25.7 Å². The Hall–Kier alpha value is -1.90. The molecule has 2 aromatic carbocycles. The second-order valence-electron chi connectivity index (χ2n) is 6.44. The van der Waals surface area contributed by atoms with Crippen LogP contribution in [0.5, 0.6) is 0 Å². The van der Waals surface area contributed by atoms with Crippen LogP contribution in [0.1, 0.15) is 42.9 Å². The summed E-state index contributed by atoms with van der Waals surface area (Å²) in [6, 6.07) is 9.35. The number of hydrogen-bond donors (Lipinski definition) is 2. The molecule has 0 bridgehead atoms. The first-order chi connectivity index (χ1) is 12.0. The maximum Gasteiger partial charge on any atom is 0.261 e. The molecule has 0 saturated carbocycles. The second-order valence-corrected chi connectivity index (χ2v) is 9.69. The Morgan fingerprint density at radius 1 is 1.00 bits per heavy atom. The van der Waals surface area contributed by atoms with E-state index >= 15 is 0 Å². The van der Waals surface area contributed by atoms with Gasteiger partial charge in [0, 0.05) is 0 Å². The highest BCUT2D eigenvalue weighted by atomic mass is 32.2. The molecule has 0 aliphatic carbocycles. The van der Waals surface area contributed by atoms with Crippen LogP contribution in [0, 0.1) is 13.8 Å². The van der Waals surface area contributed by atoms with Gasteiger partial charge in [-0.1, -0.05) is 26.0 Å². The second kappa shape index (κ2) is 7.38. The van der Waals surface area contributed by atoms with Crippen molar-refractivity contribution in [3.63, 3.8) is 0 Å². The van der Waals surface area contributed by atoms with Crippen molar-refractivity contribution in [2.45, 2.75) is 49.8 Å². The quantitative estimate of drug-likeness (QED) is 0.781. The minimum Gasteiger partial charge on any atom is -0.279 e. The molecule has 0 aromatic heterocycles. The highest BCUT2D eigenvalue weighted by molar-refractivity contribution is 7.92. The summed E-state index contributed by atoms with van der Waals surface area (Å²) < 4.78 is 51.1. The Labute approximate surface area is 155 Å². The SMILES string of the molecule is CC[C@H](C)c1ccc(S(=O)(=O)Nc2cc(S(N)(=O)=O)cc(C)c2C)cc1. The lowest BCUT2D eigenvalue weighted by Gasteiger charge is -2.15. The van der Waals surface area contributed by atoms with E-state index in [2.05, 4.69) is 18.6 Å². The van der Waals surface area contributed by atoms with Crippen molar-refractivity contribution in [1.29, 1.82) is 0 Å². The average molecular weight is 397 g/mol. The predicted octanol–water partition coefficient (Wildman–Crippen LogP) is 3.27. The minimum absolute atomic E-state index is 0.114. The topological polar surface area (TPSA) is 106 Å². The zero-order chi connectivity index (χ0) is 19.7. The van der Waals surface area contributed by atoms with Crippen LogP contribution in [-0.4, -0.2) is 16.8 Å². The fraction of sp³-hybridized carbons (Fsp3) is 0.333. The maximum atomic E-state index is 12.7. The highest BCUT2D eigenvalue weighted by Crippen LogP contribution is 2.27. The van der Waals surface area contributed by atoms with Gasteiger partial charge in [-0.25, -0.2) is 22.0 Å². The standard InChI is InChI=1S/C18H24N2O4S2/c1-5-12(2)15-6-8-16(9-7-15)26(23,24)20-18-11-17(25(19,21)22)10-13(3)14(18)4/h6-12,20H,5H2,1-4H3,(H2,19,21,22)/t12-/m0/s1. The molecular formula is C18H24N2O4S2. The van der Waals surface area contributed by atoms with Gasteiger partial charge in [-0.2, -0.15) is 0 Å². The molecule has 0 amide bonds. The van der Waals surface area contributed by atoms with E-state index in [9.17, 15) is 16.8 Å². The van der Waals surface area contributed by atoms with Gasteiger partial charge in [0.1, 0.15) is 0 Å². The number of hydrogen-bond acceptors (Lipinski definition) is 4. The normalized spacial score (nSPS) is 13.4. The number of aryl methyl sites for hydroxylation is 1. The van der Waals surface area contributed by atoms with E-state index in [0.717, 1.165) is 12.0 Å². The Bertz CT molecular complexity index is 1010. The number of benzene rings is 2. The minimum atomic E-state index is -3.94. The first-order valence-electron chi connectivity index (χ1n) is 8.22. The van der Waals surface area contributed by atoms with Crippen LogP contribution < -0.4 is 9.86 Å². The fourth-order valence-electron chi connectivity index (χ4n) is 2.51. The van der Waals surface area contributed by atoms with Crippen molar-refractivity contribution in [3.8, 4) is 0 Å². The first-order valence-corrected chi connectivity index (χ1v) is 11.3. The first kappa shape index (κ1) is 20.4. The van der Waals surface area contributed by atoms with Crippen LogP contribution in [0.4, 0.5) is 5.69 Å². The van der Waals surface area contributed by atoms with Crippen molar-refractivity contribution < 1.29 is 16.8 Å². The van der Waals surface area contributed by atoms with E-state index in [4.69, 9.17) is 5.14 Å². The van der Waals surface area contributed by atoms with E-state index in [-0.39, 0.29) is 15.5 Å². The molecule has 0 radical (unpaired) electrons. The molecule has 0 saturated heterocycles. The number of sulfonamides is 2. The van der Waals surface area contributed by atoms with E-state index in [1.165, 1.54) is 12.1 Å². The summed E-state index contributed by atoms with van der Waals surface area (Å²) in [5.74, 6) is 0.344. The molecule has 8 heteroatoms. The van der Waals surface area contributed by atoms with Crippen molar-refractivity contribution in [1.82, 2.24) is 0 Å². The molecule has 1 atom stereocenters. The molecule has 2 aromatic rings. The van der Waals surface area contributed by atoms with Crippen LogP contribution in [-0.2, 0) is 20.0 Å². The molecule has 0 aliphatic heterocycles. The smallest absolute Gasteiger partial charge is 0.261 e.